The summed E-state index contributed by atoms with van der Waals surface area (Å²) in [6, 6.07) is 9.50. The van der Waals surface area contributed by atoms with Gasteiger partial charge < -0.3 is 4.90 Å². The number of rotatable bonds is 3. The smallest absolute Gasteiger partial charge is 0.187 e. The predicted molar refractivity (Wildman–Crippen MR) is 76.9 cm³/mol. The zero-order chi connectivity index (χ0) is 13.1. The third-order valence-electron chi connectivity index (χ3n) is 4.50. The maximum Gasteiger partial charge on any atom is 0.187 e. The van der Waals surface area contributed by atoms with Crippen molar-refractivity contribution >= 4 is 5.78 Å². The van der Waals surface area contributed by atoms with Gasteiger partial charge in [0.05, 0.1) is 0 Å². The number of fused-ring (bicyclic) bond motifs is 1. The van der Waals surface area contributed by atoms with Crippen LogP contribution in [0.3, 0.4) is 0 Å². The molecular formula is C17H21NO. The summed E-state index contributed by atoms with van der Waals surface area (Å²) in [6.45, 7) is 2.28. The molecule has 1 saturated heterocycles. The van der Waals surface area contributed by atoms with E-state index in [1.807, 2.05) is 36.5 Å². The predicted octanol–water partition coefficient (Wildman–Crippen LogP) is 3.51. The van der Waals surface area contributed by atoms with Crippen molar-refractivity contribution in [1.82, 2.24) is 4.90 Å². The number of nitrogens with zero attached hydrogens (tertiary/aromatic N) is 1. The Morgan fingerprint density at radius 3 is 2.32 bits per heavy atom. The van der Waals surface area contributed by atoms with Gasteiger partial charge in [0.25, 0.3) is 0 Å². The summed E-state index contributed by atoms with van der Waals surface area (Å²) in [5.41, 5.74) is 0.773. The molecule has 0 radical (unpaired) electrons. The van der Waals surface area contributed by atoms with Crippen molar-refractivity contribution in [2.24, 2.45) is 11.8 Å². The largest absolute Gasteiger partial charge is 0.377 e. The Morgan fingerprint density at radius 2 is 1.68 bits per heavy atom. The molecule has 2 atom stereocenters. The van der Waals surface area contributed by atoms with Crippen molar-refractivity contribution in [2.75, 3.05) is 13.1 Å². The van der Waals surface area contributed by atoms with Crippen molar-refractivity contribution < 1.29 is 4.79 Å². The van der Waals surface area contributed by atoms with E-state index in [1.54, 1.807) is 6.08 Å². The first-order valence-corrected chi connectivity index (χ1v) is 7.34. The van der Waals surface area contributed by atoms with Crippen molar-refractivity contribution in [2.45, 2.75) is 25.7 Å². The molecule has 1 aromatic rings. The summed E-state index contributed by atoms with van der Waals surface area (Å²) >= 11 is 0. The van der Waals surface area contributed by atoms with Crippen LogP contribution in [0.2, 0.25) is 0 Å². The van der Waals surface area contributed by atoms with Crippen LogP contribution in [0, 0.1) is 11.8 Å². The lowest BCUT2D eigenvalue weighted by atomic mass is 9.82. The number of carbonyl (C=O) groups is 1. The second-order valence-electron chi connectivity index (χ2n) is 5.80. The Kier molecular flexibility index (Phi) is 3.67. The lowest BCUT2D eigenvalue weighted by Crippen LogP contribution is -2.16. The first-order chi connectivity index (χ1) is 9.33. The van der Waals surface area contributed by atoms with Crippen molar-refractivity contribution in [3.05, 3.63) is 48.2 Å². The lowest BCUT2D eigenvalue weighted by molar-refractivity contribution is 0.104. The van der Waals surface area contributed by atoms with E-state index in [9.17, 15) is 4.79 Å². The third-order valence-corrected chi connectivity index (χ3v) is 4.50. The summed E-state index contributed by atoms with van der Waals surface area (Å²) in [4.78, 5) is 14.3. The molecule has 1 aliphatic heterocycles. The van der Waals surface area contributed by atoms with Crippen LogP contribution in [-0.2, 0) is 0 Å². The van der Waals surface area contributed by atoms with Gasteiger partial charge in [-0.05, 0) is 24.7 Å². The van der Waals surface area contributed by atoms with Gasteiger partial charge in [0.1, 0.15) is 0 Å². The van der Waals surface area contributed by atoms with Crippen LogP contribution in [0.1, 0.15) is 36.0 Å². The van der Waals surface area contributed by atoms with Crippen LogP contribution >= 0.6 is 0 Å². The molecule has 0 spiro atoms. The van der Waals surface area contributed by atoms with E-state index in [4.69, 9.17) is 0 Å². The van der Waals surface area contributed by atoms with Gasteiger partial charge in [-0.3, -0.25) is 4.79 Å². The van der Waals surface area contributed by atoms with E-state index in [0.717, 1.165) is 30.5 Å². The molecule has 1 aliphatic carbocycles. The van der Waals surface area contributed by atoms with Gasteiger partial charge in [-0.25, -0.2) is 0 Å². The van der Waals surface area contributed by atoms with Crippen LogP contribution in [-0.4, -0.2) is 23.8 Å². The summed E-state index contributed by atoms with van der Waals surface area (Å²) in [6.07, 6.45) is 9.27. The summed E-state index contributed by atoms with van der Waals surface area (Å²) in [5, 5.41) is 0. The van der Waals surface area contributed by atoms with Crippen LogP contribution in [0.4, 0.5) is 0 Å². The minimum atomic E-state index is 0.107. The third kappa shape index (κ3) is 2.89. The Labute approximate surface area is 115 Å². The summed E-state index contributed by atoms with van der Waals surface area (Å²) in [5.74, 6) is 1.84. The molecule has 2 fully saturated rings. The van der Waals surface area contributed by atoms with E-state index in [1.165, 1.54) is 25.7 Å². The molecule has 2 nitrogen and oxygen atoms in total. The maximum atomic E-state index is 12.0. The molecular weight excluding hydrogens is 234 g/mol. The normalized spacial score (nSPS) is 26.6. The fourth-order valence-corrected chi connectivity index (χ4v) is 3.44. The highest BCUT2D eigenvalue weighted by Gasteiger charge is 2.32. The van der Waals surface area contributed by atoms with Gasteiger partial charge in [0, 0.05) is 30.9 Å². The van der Waals surface area contributed by atoms with Crippen molar-refractivity contribution in [1.29, 1.82) is 0 Å². The van der Waals surface area contributed by atoms with E-state index >= 15 is 0 Å². The molecule has 0 unspecified atom stereocenters. The first kappa shape index (κ1) is 12.5. The molecule has 0 aromatic heterocycles. The number of carbonyl (C=O) groups excluding carboxylic acids is 1. The van der Waals surface area contributed by atoms with Gasteiger partial charge >= 0.3 is 0 Å². The molecule has 1 aromatic carbocycles. The topological polar surface area (TPSA) is 20.3 Å². The Balaban J connectivity index is 1.60. The first-order valence-electron chi connectivity index (χ1n) is 7.34. The molecule has 3 rings (SSSR count). The second kappa shape index (κ2) is 5.60. The molecule has 0 bridgehead atoms. The molecule has 2 heteroatoms. The molecule has 2 aliphatic rings. The van der Waals surface area contributed by atoms with Crippen LogP contribution < -0.4 is 0 Å². The maximum absolute atomic E-state index is 12.0. The van der Waals surface area contributed by atoms with Crippen LogP contribution in [0.15, 0.2) is 42.6 Å². The van der Waals surface area contributed by atoms with Gasteiger partial charge in [-0.15, -0.1) is 0 Å². The minimum Gasteiger partial charge on any atom is -0.377 e. The molecule has 19 heavy (non-hydrogen) atoms. The van der Waals surface area contributed by atoms with Gasteiger partial charge in [0.15, 0.2) is 5.78 Å². The molecule has 1 saturated carbocycles. The number of ketones is 1. The quantitative estimate of drug-likeness (QED) is 0.608. The van der Waals surface area contributed by atoms with E-state index in [-0.39, 0.29) is 5.78 Å². The Hall–Kier alpha value is -1.57. The van der Waals surface area contributed by atoms with E-state index in [2.05, 4.69) is 4.90 Å². The molecule has 100 valence electrons. The minimum absolute atomic E-state index is 0.107. The number of likely N-dealkylation sites (tertiary alicyclic amines) is 1. The molecule has 0 N–H and O–H groups in total. The monoisotopic (exact) mass is 255 g/mol. The lowest BCUT2D eigenvalue weighted by Gasteiger charge is -2.22. The Morgan fingerprint density at radius 1 is 1.05 bits per heavy atom. The standard InChI is InChI=1S/C17H21NO/c19-17(14-6-2-1-3-7-14)10-11-18-12-15-8-4-5-9-16(15)13-18/h1-3,6-7,10-11,15-16H,4-5,8-9,12-13H2/t15-,16+. The number of allylic oxidation sites excluding steroid dienone is 1. The zero-order valence-corrected chi connectivity index (χ0v) is 11.3. The highest BCUT2D eigenvalue weighted by molar-refractivity contribution is 6.04. The SMILES string of the molecule is O=C(C=CN1C[C@H]2CCCC[C@H]2C1)c1ccccc1. The van der Waals surface area contributed by atoms with Crippen LogP contribution in [0.25, 0.3) is 0 Å². The van der Waals surface area contributed by atoms with Crippen LogP contribution in [0.5, 0.6) is 0 Å². The number of benzene rings is 1. The average Bonchev–Trinajstić information content (AvgIpc) is 2.88. The van der Waals surface area contributed by atoms with Gasteiger partial charge in [0.2, 0.25) is 0 Å². The molecule has 0 amide bonds. The summed E-state index contributed by atoms with van der Waals surface area (Å²) < 4.78 is 0. The highest BCUT2D eigenvalue weighted by Crippen LogP contribution is 2.35. The Bertz CT molecular complexity index is 451. The van der Waals surface area contributed by atoms with Crippen molar-refractivity contribution in [3.8, 4) is 0 Å². The average molecular weight is 255 g/mol. The van der Waals surface area contributed by atoms with E-state index in [0.29, 0.717) is 0 Å². The fourth-order valence-electron chi connectivity index (χ4n) is 3.44. The summed E-state index contributed by atoms with van der Waals surface area (Å²) in [7, 11) is 0. The van der Waals surface area contributed by atoms with Crippen molar-refractivity contribution in [3.63, 3.8) is 0 Å². The van der Waals surface area contributed by atoms with Gasteiger partial charge in [-0.1, -0.05) is 43.2 Å². The number of hydrogen-bond donors (Lipinski definition) is 0. The van der Waals surface area contributed by atoms with Gasteiger partial charge in [-0.2, -0.15) is 0 Å². The zero-order valence-electron chi connectivity index (χ0n) is 11.3. The second-order valence-corrected chi connectivity index (χ2v) is 5.80. The number of hydrogen-bond acceptors (Lipinski definition) is 2. The molecule has 1 heterocycles. The fraction of sp³-hybridized carbons (Fsp3) is 0.471. The highest BCUT2D eigenvalue weighted by atomic mass is 16.1. The van der Waals surface area contributed by atoms with E-state index < -0.39 is 0 Å².